The van der Waals surface area contributed by atoms with Crippen molar-refractivity contribution in [2.24, 2.45) is 5.10 Å². The molecule has 2 aromatic heterocycles. The minimum absolute atomic E-state index is 0.180. The second kappa shape index (κ2) is 8.22. The van der Waals surface area contributed by atoms with Crippen molar-refractivity contribution in [3.05, 3.63) is 64.7 Å². The number of nitrogens with zero attached hydrogens (tertiary/aromatic N) is 4. The lowest BCUT2D eigenvalue weighted by atomic mass is 10.2. The average Bonchev–Trinajstić information content (AvgIpc) is 3.23. The molecule has 1 N–H and O–H groups in total. The Balaban J connectivity index is 1.58. The number of hydrazone groups is 1. The summed E-state index contributed by atoms with van der Waals surface area (Å²) < 4.78 is 12.4. The van der Waals surface area contributed by atoms with E-state index in [-0.39, 0.29) is 12.5 Å². The van der Waals surface area contributed by atoms with E-state index in [9.17, 15) is 4.79 Å². The standard InChI is InChI=1S/C20H19N5O3/c1-13-8-17(15(3)25(13)19-9-14(2)28-24-19)11-22-23-20(26)12-27-18-6-4-16(10-21)5-7-18/h4-9,11H,12H2,1-3H3,(H,23,26)/b22-11-. The van der Waals surface area contributed by atoms with Crippen LogP contribution in [0.3, 0.4) is 0 Å². The first kappa shape index (κ1) is 18.9. The third-order valence-corrected chi connectivity index (χ3v) is 4.06. The van der Waals surface area contributed by atoms with Gasteiger partial charge in [0.05, 0.1) is 17.8 Å². The fourth-order valence-electron chi connectivity index (χ4n) is 2.71. The van der Waals surface area contributed by atoms with E-state index in [1.807, 2.05) is 43.5 Å². The van der Waals surface area contributed by atoms with Gasteiger partial charge in [0, 0.05) is 23.0 Å². The molecule has 0 unspecified atom stereocenters. The van der Waals surface area contributed by atoms with Crippen LogP contribution in [0, 0.1) is 32.1 Å². The molecule has 0 radical (unpaired) electrons. The second-order valence-electron chi connectivity index (χ2n) is 6.18. The summed E-state index contributed by atoms with van der Waals surface area (Å²) in [7, 11) is 0. The number of aromatic nitrogens is 2. The highest BCUT2D eigenvalue weighted by molar-refractivity contribution is 5.84. The van der Waals surface area contributed by atoms with Crippen LogP contribution in [0.25, 0.3) is 5.82 Å². The predicted octanol–water partition coefficient (Wildman–Crippen LogP) is 2.79. The molecule has 0 aliphatic rings. The van der Waals surface area contributed by atoms with E-state index in [1.54, 1.807) is 30.5 Å². The van der Waals surface area contributed by atoms with Crippen molar-refractivity contribution in [3.63, 3.8) is 0 Å². The van der Waals surface area contributed by atoms with Gasteiger partial charge in [-0.15, -0.1) is 0 Å². The maximum absolute atomic E-state index is 11.9. The van der Waals surface area contributed by atoms with Crippen molar-refractivity contribution in [2.75, 3.05) is 6.61 Å². The Bertz CT molecular complexity index is 1050. The molecule has 0 fully saturated rings. The molecule has 0 spiro atoms. The monoisotopic (exact) mass is 377 g/mol. The number of aryl methyl sites for hydroxylation is 2. The van der Waals surface area contributed by atoms with Crippen LogP contribution in [0.1, 0.15) is 28.3 Å². The number of hydrogen-bond donors (Lipinski definition) is 1. The van der Waals surface area contributed by atoms with Crippen LogP contribution in [-0.4, -0.2) is 28.5 Å². The molecule has 1 amide bonds. The number of nitrogens with one attached hydrogen (secondary N) is 1. The largest absolute Gasteiger partial charge is 0.484 e. The maximum Gasteiger partial charge on any atom is 0.277 e. The van der Waals surface area contributed by atoms with E-state index in [0.717, 1.165) is 22.7 Å². The SMILES string of the molecule is Cc1cc(-n2c(C)cc(/C=N\NC(=O)COc3ccc(C#N)cc3)c2C)no1. The van der Waals surface area contributed by atoms with Gasteiger partial charge in [0.2, 0.25) is 0 Å². The molecule has 2 heterocycles. The number of benzene rings is 1. The summed E-state index contributed by atoms with van der Waals surface area (Å²) >= 11 is 0. The number of ether oxygens (including phenoxy) is 1. The van der Waals surface area contributed by atoms with Crippen LogP contribution in [0.5, 0.6) is 5.75 Å². The number of hydrogen-bond acceptors (Lipinski definition) is 6. The Morgan fingerprint density at radius 1 is 1.32 bits per heavy atom. The predicted molar refractivity (Wildman–Crippen MR) is 102 cm³/mol. The summed E-state index contributed by atoms with van der Waals surface area (Å²) in [5.41, 5.74) is 5.72. The maximum atomic E-state index is 11.9. The lowest BCUT2D eigenvalue weighted by Gasteiger charge is -2.05. The Kier molecular flexibility index (Phi) is 5.56. The molecule has 0 aliphatic carbocycles. The van der Waals surface area contributed by atoms with E-state index in [2.05, 4.69) is 15.7 Å². The van der Waals surface area contributed by atoms with Crippen molar-refractivity contribution >= 4 is 12.1 Å². The molecule has 0 saturated carbocycles. The van der Waals surface area contributed by atoms with Gasteiger partial charge in [0.25, 0.3) is 5.91 Å². The normalized spacial score (nSPS) is 10.8. The minimum Gasteiger partial charge on any atom is -0.484 e. The van der Waals surface area contributed by atoms with Crippen molar-refractivity contribution in [1.29, 1.82) is 5.26 Å². The van der Waals surface area contributed by atoms with Crippen LogP contribution < -0.4 is 10.2 Å². The third-order valence-electron chi connectivity index (χ3n) is 4.06. The van der Waals surface area contributed by atoms with Gasteiger partial charge in [-0.3, -0.25) is 9.36 Å². The van der Waals surface area contributed by atoms with Gasteiger partial charge in [0.15, 0.2) is 12.4 Å². The van der Waals surface area contributed by atoms with Crippen molar-refractivity contribution in [1.82, 2.24) is 15.1 Å². The van der Waals surface area contributed by atoms with Gasteiger partial charge in [0.1, 0.15) is 11.5 Å². The van der Waals surface area contributed by atoms with Crippen molar-refractivity contribution in [3.8, 4) is 17.6 Å². The first-order chi connectivity index (χ1) is 13.5. The van der Waals surface area contributed by atoms with Crippen LogP contribution in [0.4, 0.5) is 0 Å². The molecule has 0 bridgehead atoms. The van der Waals surface area contributed by atoms with Crippen LogP contribution in [0.2, 0.25) is 0 Å². The van der Waals surface area contributed by atoms with Gasteiger partial charge >= 0.3 is 0 Å². The number of carbonyl (C=O) groups excluding carboxylic acids is 1. The molecule has 1 aromatic carbocycles. The van der Waals surface area contributed by atoms with Crippen LogP contribution in [-0.2, 0) is 4.79 Å². The summed E-state index contributed by atoms with van der Waals surface area (Å²) in [6, 6.07) is 12.3. The highest BCUT2D eigenvalue weighted by Gasteiger charge is 2.12. The zero-order chi connectivity index (χ0) is 20.1. The fraction of sp³-hybridized carbons (Fsp3) is 0.200. The molecule has 8 nitrogen and oxygen atoms in total. The quantitative estimate of drug-likeness (QED) is 0.525. The first-order valence-electron chi connectivity index (χ1n) is 8.55. The fourth-order valence-corrected chi connectivity index (χ4v) is 2.71. The molecule has 142 valence electrons. The Hall–Kier alpha value is -3.86. The first-order valence-corrected chi connectivity index (χ1v) is 8.55. The van der Waals surface area contributed by atoms with Crippen molar-refractivity contribution < 1.29 is 14.1 Å². The van der Waals surface area contributed by atoms with Crippen LogP contribution in [0.15, 0.2) is 46.0 Å². The zero-order valence-electron chi connectivity index (χ0n) is 15.8. The van der Waals surface area contributed by atoms with Gasteiger partial charge < -0.3 is 9.26 Å². The average molecular weight is 377 g/mol. The highest BCUT2D eigenvalue weighted by Crippen LogP contribution is 2.19. The molecule has 0 saturated heterocycles. The lowest BCUT2D eigenvalue weighted by molar-refractivity contribution is -0.123. The zero-order valence-corrected chi connectivity index (χ0v) is 15.8. The Morgan fingerprint density at radius 3 is 2.71 bits per heavy atom. The third kappa shape index (κ3) is 4.27. The summed E-state index contributed by atoms with van der Waals surface area (Å²) in [5.74, 6) is 1.55. The number of amides is 1. The second-order valence-corrected chi connectivity index (χ2v) is 6.18. The van der Waals surface area contributed by atoms with E-state index in [4.69, 9.17) is 14.5 Å². The van der Waals surface area contributed by atoms with Crippen molar-refractivity contribution in [2.45, 2.75) is 20.8 Å². The summed E-state index contributed by atoms with van der Waals surface area (Å²) in [6.07, 6.45) is 1.57. The van der Waals surface area contributed by atoms with E-state index >= 15 is 0 Å². The molecule has 0 atom stereocenters. The number of nitriles is 1. The molecule has 3 rings (SSSR count). The molecule has 0 aliphatic heterocycles. The Morgan fingerprint density at radius 2 is 2.07 bits per heavy atom. The van der Waals surface area contributed by atoms with E-state index in [0.29, 0.717) is 17.1 Å². The molecule has 8 heteroatoms. The summed E-state index contributed by atoms with van der Waals surface area (Å²) in [6.45, 7) is 5.55. The highest BCUT2D eigenvalue weighted by atomic mass is 16.5. The van der Waals surface area contributed by atoms with E-state index < -0.39 is 0 Å². The summed E-state index contributed by atoms with van der Waals surface area (Å²) in [4.78, 5) is 11.9. The molecular weight excluding hydrogens is 358 g/mol. The van der Waals surface area contributed by atoms with Crippen LogP contribution >= 0.6 is 0 Å². The molecule has 28 heavy (non-hydrogen) atoms. The van der Waals surface area contributed by atoms with E-state index in [1.165, 1.54) is 0 Å². The topological polar surface area (TPSA) is 105 Å². The summed E-state index contributed by atoms with van der Waals surface area (Å²) in [5, 5.41) is 16.8. The van der Waals surface area contributed by atoms with Gasteiger partial charge in [-0.1, -0.05) is 5.16 Å². The minimum atomic E-state index is -0.387. The van der Waals surface area contributed by atoms with Gasteiger partial charge in [-0.2, -0.15) is 10.4 Å². The Labute approximate surface area is 162 Å². The smallest absolute Gasteiger partial charge is 0.277 e. The lowest BCUT2D eigenvalue weighted by Crippen LogP contribution is -2.24. The van der Waals surface area contributed by atoms with Gasteiger partial charge in [-0.25, -0.2) is 5.43 Å². The molecule has 3 aromatic rings. The number of rotatable bonds is 6. The van der Waals surface area contributed by atoms with Gasteiger partial charge in [-0.05, 0) is 51.1 Å². The number of carbonyl (C=O) groups is 1. The molecular formula is C20H19N5O3.